The molecule has 3 rings (SSSR count). The molecule has 0 unspecified atom stereocenters. The lowest BCUT2D eigenvalue weighted by molar-refractivity contribution is 0.0919. The number of amides is 1. The van der Waals surface area contributed by atoms with Crippen molar-refractivity contribution in [1.82, 2.24) is 14.9 Å². The highest BCUT2D eigenvalue weighted by atomic mass is 35.5. The summed E-state index contributed by atoms with van der Waals surface area (Å²) in [7, 11) is 1.53. The molecule has 1 amide bonds. The number of aryl methyl sites for hydroxylation is 1. The Hall–Kier alpha value is -2.58. The van der Waals surface area contributed by atoms with Gasteiger partial charge in [0, 0.05) is 12.1 Å². The summed E-state index contributed by atoms with van der Waals surface area (Å²) in [5, 5.41) is 3.23. The molecule has 0 saturated heterocycles. The van der Waals surface area contributed by atoms with Crippen LogP contribution in [0.25, 0.3) is 5.69 Å². The minimum Gasteiger partial charge on any atom is -0.497 e. The topological polar surface area (TPSA) is 125 Å². The van der Waals surface area contributed by atoms with Gasteiger partial charge in [0.15, 0.2) is 0 Å². The zero-order valence-electron chi connectivity index (χ0n) is 16.6. The highest BCUT2D eigenvalue weighted by Crippen LogP contribution is 2.29. The minimum absolute atomic E-state index is 0.0384. The first kappa shape index (κ1) is 21.1. The number of carbonyl (C=O) groups is 1. The maximum Gasteiger partial charge on any atom is 0.273 e. The normalized spacial score (nSPS) is 19.0. The number of nitrogen functional groups attached to an aromatic ring is 1. The van der Waals surface area contributed by atoms with Gasteiger partial charge in [0.2, 0.25) is 0 Å². The number of halogens is 1. The highest BCUT2D eigenvalue weighted by molar-refractivity contribution is 6.32. The molecule has 9 heteroatoms. The van der Waals surface area contributed by atoms with Crippen molar-refractivity contribution in [3.8, 4) is 11.4 Å². The monoisotopic (exact) mass is 419 g/mol. The Morgan fingerprint density at radius 2 is 2.17 bits per heavy atom. The number of rotatable bonds is 5. The van der Waals surface area contributed by atoms with Crippen LogP contribution in [0.2, 0.25) is 5.02 Å². The van der Waals surface area contributed by atoms with E-state index >= 15 is 0 Å². The summed E-state index contributed by atoms with van der Waals surface area (Å²) in [6.45, 7) is 2.38. The molecule has 0 aliphatic heterocycles. The van der Waals surface area contributed by atoms with Crippen LogP contribution in [0.15, 0.2) is 23.3 Å². The number of nitrogens with zero attached hydrogens (tertiary/aromatic N) is 2. The summed E-state index contributed by atoms with van der Waals surface area (Å²) in [6.07, 6.45) is 4.96. The van der Waals surface area contributed by atoms with Gasteiger partial charge >= 0.3 is 0 Å². The van der Waals surface area contributed by atoms with E-state index in [0.29, 0.717) is 34.5 Å². The predicted molar refractivity (Wildman–Crippen MR) is 113 cm³/mol. The summed E-state index contributed by atoms with van der Waals surface area (Å²) in [5.74, 6) is 0.298. The number of carbonyl (C=O) groups excluding carboxylic acids is 1. The molecule has 1 aliphatic rings. The molecule has 0 radical (unpaired) electrons. The predicted octanol–water partition coefficient (Wildman–Crippen LogP) is 2.03. The summed E-state index contributed by atoms with van der Waals surface area (Å²) in [4.78, 5) is 30.1. The molecule has 156 valence electrons. The van der Waals surface area contributed by atoms with E-state index in [-0.39, 0.29) is 17.4 Å². The number of ether oxygens (including phenoxy) is 1. The molecular weight excluding hydrogens is 394 g/mol. The van der Waals surface area contributed by atoms with Crippen molar-refractivity contribution >= 4 is 23.3 Å². The smallest absolute Gasteiger partial charge is 0.273 e. The average molecular weight is 420 g/mol. The number of anilines is 1. The largest absolute Gasteiger partial charge is 0.497 e. The molecule has 2 aromatic rings. The molecule has 0 spiro atoms. The summed E-state index contributed by atoms with van der Waals surface area (Å²) in [5.41, 5.74) is 12.0. The molecule has 0 bridgehead atoms. The Kier molecular flexibility index (Phi) is 6.44. The second kappa shape index (κ2) is 8.84. The Balaban J connectivity index is 1.96. The van der Waals surface area contributed by atoms with E-state index in [1.807, 2.05) is 0 Å². The zero-order valence-corrected chi connectivity index (χ0v) is 17.3. The van der Waals surface area contributed by atoms with Crippen molar-refractivity contribution in [3.63, 3.8) is 0 Å². The van der Waals surface area contributed by atoms with Gasteiger partial charge in [0.1, 0.15) is 23.5 Å². The van der Waals surface area contributed by atoms with Gasteiger partial charge in [-0.15, -0.1) is 0 Å². The van der Waals surface area contributed by atoms with Crippen LogP contribution in [0.4, 0.5) is 5.82 Å². The van der Waals surface area contributed by atoms with E-state index in [4.69, 9.17) is 27.8 Å². The van der Waals surface area contributed by atoms with Crippen molar-refractivity contribution < 1.29 is 9.53 Å². The summed E-state index contributed by atoms with van der Waals surface area (Å²) < 4.78 is 6.44. The van der Waals surface area contributed by atoms with Crippen LogP contribution in [0.1, 0.15) is 41.6 Å². The van der Waals surface area contributed by atoms with E-state index in [1.54, 1.807) is 19.1 Å². The second-order valence-electron chi connectivity index (χ2n) is 7.39. The standard InChI is InChI=1S/C20H26ClN5O3/c1-11-6-14(29-2)8-15(21)17(11)26-10-24-18(23)16(20(26)28)19(27)25-13-5-3-4-12(7-13)9-22/h6,8,10,12-13H,3-5,7,9,22-23H2,1-2H3,(H,25,27)/t12-,13+/m1/s1. The van der Waals surface area contributed by atoms with E-state index in [1.165, 1.54) is 18.0 Å². The third kappa shape index (κ3) is 4.38. The lowest BCUT2D eigenvalue weighted by Gasteiger charge is -2.29. The molecule has 1 saturated carbocycles. The molecule has 29 heavy (non-hydrogen) atoms. The van der Waals surface area contributed by atoms with Gasteiger partial charge in [-0.1, -0.05) is 18.0 Å². The second-order valence-corrected chi connectivity index (χ2v) is 7.80. The molecule has 5 N–H and O–H groups in total. The third-order valence-corrected chi connectivity index (χ3v) is 5.67. The van der Waals surface area contributed by atoms with Gasteiger partial charge in [-0.05, 0) is 50.3 Å². The van der Waals surface area contributed by atoms with Crippen LogP contribution in [-0.4, -0.2) is 35.2 Å². The lowest BCUT2D eigenvalue weighted by atomic mass is 9.85. The van der Waals surface area contributed by atoms with Crippen LogP contribution in [-0.2, 0) is 0 Å². The molecule has 1 aromatic heterocycles. The van der Waals surface area contributed by atoms with E-state index in [9.17, 15) is 9.59 Å². The Labute approximate surface area is 174 Å². The fraction of sp³-hybridized carbons (Fsp3) is 0.450. The summed E-state index contributed by atoms with van der Waals surface area (Å²) in [6, 6.07) is 3.31. The number of hydrogen-bond acceptors (Lipinski definition) is 6. The number of benzene rings is 1. The molecule has 2 atom stereocenters. The number of hydrogen-bond donors (Lipinski definition) is 3. The van der Waals surface area contributed by atoms with Crippen molar-refractivity contribution in [2.75, 3.05) is 19.4 Å². The first-order valence-corrected chi connectivity index (χ1v) is 9.96. The van der Waals surface area contributed by atoms with Gasteiger partial charge in [-0.25, -0.2) is 4.98 Å². The van der Waals surface area contributed by atoms with Gasteiger partial charge < -0.3 is 21.5 Å². The molecule has 1 heterocycles. The van der Waals surface area contributed by atoms with E-state index in [0.717, 1.165) is 25.7 Å². The molecule has 1 fully saturated rings. The SMILES string of the molecule is COc1cc(C)c(-n2cnc(N)c(C(=O)N[C@H]3CCC[C@@H](CN)C3)c2=O)c(Cl)c1. The molecule has 8 nitrogen and oxygen atoms in total. The fourth-order valence-electron chi connectivity index (χ4n) is 3.86. The van der Waals surface area contributed by atoms with Gasteiger partial charge in [-0.3, -0.25) is 14.2 Å². The third-order valence-electron chi connectivity index (χ3n) is 5.38. The quantitative estimate of drug-likeness (QED) is 0.680. The Bertz CT molecular complexity index is 952. The number of aromatic nitrogens is 2. The average Bonchev–Trinajstić information content (AvgIpc) is 2.69. The van der Waals surface area contributed by atoms with Gasteiger partial charge in [0.25, 0.3) is 11.5 Å². The van der Waals surface area contributed by atoms with Crippen LogP contribution in [0, 0.1) is 12.8 Å². The van der Waals surface area contributed by atoms with Crippen molar-refractivity contribution in [1.29, 1.82) is 0 Å². The van der Waals surface area contributed by atoms with Crippen LogP contribution < -0.4 is 27.1 Å². The maximum atomic E-state index is 13.1. The Morgan fingerprint density at radius 3 is 2.83 bits per heavy atom. The summed E-state index contributed by atoms with van der Waals surface area (Å²) >= 11 is 6.37. The van der Waals surface area contributed by atoms with E-state index in [2.05, 4.69) is 10.3 Å². The number of methoxy groups -OCH3 is 1. The Morgan fingerprint density at radius 1 is 1.41 bits per heavy atom. The van der Waals surface area contributed by atoms with Crippen LogP contribution in [0.5, 0.6) is 5.75 Å². The van der Waals surface area contributed by atoms with Crippen LogP contribution >= 0.6 is 11.6 Å². The molecule has 1 aliphatic carbocycles. The minimum atomic E-state index is -0.573. The van der Waals surface area contributed by atoms with E-state index < -0.39 is 11.5 Å². The first-order chi connectivity index (χ1) is 13.8. The molecular formula is C20H26ClN5O3. The molecule has 1 aromatic carbocycles. The fourth-order valence-corrected chi connectivity index (χ4v) is 4.21. The van der Waals surface area contributed by atoms with Gasteiger partial charge in [-0.2, -0.15) is 0 Å². The number of nitrogens with one attached hydrogen (secondary N) is 1. The zero-order chi connectivity index (χ0) is 21.1. The van der Waals surface area contributed by atoms with Crippen molar-refractivity contribution in [2.24, 2.45) is 11.7 Å². The van der Waals surface area contributed by atoms with Crippen LogP contribution in [0.3, 0.4) is 0 Å². The van der Waals surface area contributed by atoms with Gasteiger partial charge in [0.05, 0.1) is 17.8 Å². The number of nitrogens with two attached hydrogens (primary N) is 2. The lowest BCUT2D eigenvalue weighted by Crippen LogP contribution is -2.42. The highest BCUT2D eigenvalue weighted by Gasteiger charge is 2.26. The van der Waals surface area contributed by atoms with Crippen molar-refractivity contribution in [3.05, 3.63) is 45.0 Å². The first-order valence-electron chi connectivity index (χ1n) is 9.58. The maximum absolute atomic E-state index is 13.1. The van der Waals surface area contributed by atoms with Crippen molar-refractivity contribution in [2.45, 2.75) is 38.6 Å².